The van der Waals surface area contributed by atoms with Gasteiger partial charge in [0, 0.05) is 24.2 Å². The molecule has 1 aliphatic heterocycles. The first-order valence-corrected chi connectivity index (χ1v) is 9.32. The number of benzene rings is 2. The van der Waals surface area contributed by atoms with Gasteiger partial charge in [-0.3, -0.25) is 4.79 Å². The number of rotatable bonds is 4. The molecule has 5 heteroatoms. The molecule has 0 radical (unpaired) electrons. The van der Waals surface area contributed by atoms with Gasteiger partial charge in [0.1, 0.15) is 0 Å². The van der Waals surface area contributed by atoms with Gasteiger partial charge in [-0.15, -0.1) is 0 Å². The maximum absolute atomic E-state index is 12.6. The second-order valence-corrected chi connectivity index (χ2v) is 7.48. The number of hydrogen-bond donors (Lipinski definition) is 0. The van der Waals surface area contributed by atoms with E-state index >= 15 is 0 Å². The average molecular weight is 361 g/mol. The highest BCUT2D eigenvalue weighted by atomic mass is 16.5. The van der Waals surface area contributed by atoms with Crippen LogP contribution in [0.3, 0.4) is 0 Å². The van der Waals surface area contributed by atoms with Gasteiger partial charge in [0.2, 0.25) is 17.6 Å². The molecule has 1 aromatic heterocycles. The van der Waals surface area contributed by atoms with E-state index in [9.17, 15) is 4.79 Å². The molecule has 0 saturated carbocycles. The number of aromatic nitrogens is 2. The Bertz CT molecular complexity index is 977. The molecule has 2 aromatic carbocycles. The number of carbonyl (C=O) groups is 1. The predicted octanol–water partition coefficient (Wildman–Crippen LogP) is 4.69. The van der Waals surface area contributed by atoms with Gasteiger partial charge in [0.05, 0.1) is 5.92 Å². The lowest BCUT2D eigenvalue weighted by Gasteiger charge is -2.18. The first kappa shape index (κ1) is 17.5. The molecule has 1 atom stereocenters. The molecule has 27 heavy (non-hydrogen) atoms. The van der Waals surface area contributed by atoms with Crippen molar-refractivity contribution in [1.82, 2.24) is 10.1 Å². The zero-order valence-electron chi connectivity index (χ0n) is 15.8. The van der Waals surface area contributed by atoms with E-state index in [1.54, 1.807) is 0 Å². The van der Waals surface area contributed by atoms with Crippen molar-refractivity contribution >= 4 is 11.6 Å². The van der Waals surface area contributed by atoms with Crippen LogP contribution in [0.5, 0.6) is 0 Å². The maximum Gasteiger partial charge on any atom is 0.232 e. The summed E-state index contributed by atoms with van der Waals surface area (Å²) >= 11 is 0. The molecular weight excluding hydrogens is 338 g/mol. The first-order chi connectivity index (χ1) is 13.0. The minimum absolute atomic E-state index is 0.0775. The Morgan fingerprint density at radius 3 is 2.74 bits per heavy atom. The fourth-order valence-electron chi connectivity index (χ4n) is 3.48. The third-order valence-electron chi connectivity index (χ3n) is 5.04. The lowest BCUT2D eigenvalue weighted by molar-refractivity contribution is -0.117. The molecule has 1 fully saturated rings. The van der Waals surface area contributed by atoms with Crippen LogP contribution >= 0.6 is 0 Å². The quantitative estimate of drug-likeness (QED) is 0.676. The van der Waals surface area contributed by atoms with E-state index < -0.39 is 0 Å². The Kier molecular flexibility index (Phi) is 4.52. The summed E-state index contributed by atoms with van der Waals surface area (Å²) in [5, 5.41) is 4.12. The van der Waals surface area contributed by atoms with Crippen molar-refractivity contribution in [3.63, 3.8) is 0 Å². The average Bonchev–Trinajstić information content (AvgIpc) is 3.28. The summed E-state index contributed by atoms with van der Waals surface area (Å²) in [5.41, 5.74) is 4.23. The number of amides is 1. The SMILES string of the molecule is Cc1cccc(-c2noc(C3CC(=O)N(c4cccc(C(C)C)c4)C3)n2)c1. The van der Waals surface area contributed by atoms with Crippen molar-refractivity contribution in [3.8, 4) is 11.4 Å². The van der Waals surface area contributed by atoms with E-state index in [2.05, 4.69) is 36.1 Å². The Labute approximate surface area is 159 Å². The first-order valence-electron chi connectivity index (χ1n) is 9.32. The highest BCUT2D eigenvalue weighted by Crippen LogP contribution is 2.33. The number of carbonyl (C=O) groups excluding carboxylic acids is 1. The lowest BCUT2D eigenvalue weighted by Crippen LogP contribution is -2.24. The normalized spacial score (nSPS) is 17.1. The Morgan fingerprint density at radius 1 is 1.15 bits per heavy atom. The number of aryl methyl sites for hydroxylation is 1. The van der Waals surface area contributed by atoms with Crippen LogP contribution in [0.15, 0.2) is 53.1 Å². The molecule has 1 saturated heterocycles. The van der Waals surface area contributed by atoms with Crippen LogP contribution in [0, 0.1) is 6.92 Å². The van der Waals surface area contributed by atoms with Crippen LogP contribution < -0.4 is 4.90 Å². The highest BCUT2D eigenvalue weighted by Gasteiger charge is 2.35. The van der Waals surface area contributed by atoms with Crippen LogP contribution in [0.1, 0.15) is 49.1 Å². The van der Waals surface area contributed by atoms with Crippen LogP contribution in [0.25, 0.3) is 11.4 Å². The van der Waals surface area contributed by atoms with E-state index in [1.165, 1.54) is 5.56 Å². The van der Waals surface area contributed by atoms with Gasteiger partial charge in [-0.2, -0.15) is 4.98 Å². The molecule has 0 aliphatic carbocycles. The van der Waals surface area contributed by atoms with Crippen molar-refractivity contribution in [2.24, 2.45) is 0 Å². The minimum Gasteiger partial charge on any atom is -0.339 e. The third kappa shape index (κ3) is 3.50. The van der Waals surface area contributed by atoms with E-state index in [0.717, 1.165) is 16.8 Å². The molecule has 1 aliphatic rings. The monoisotopic (exact) mass is 361 g/mol. The molecule has 1 amide bonds. The molecule has 2 heterocycles. The fourth-order valence-corrected chi connectivity index (χ4v) is 3.48. The zero-order valence-corrected chi connectivity index (χ0v) is 15.8. The van der Waals surface area contributed by atoms with Gasteiger partial charge in [0.15, 0.2) is 0 Å². The molecular formula is C22H23N3O2. The third-order valence-corrected chi connectivity index (χ3v) is 5.04. The van der Waals surface area contributed by atoms with Crippen molar-refractivity contribution in [3.05, 3.63) is 65.5 Å². The number of hydrogen-bond acceptors (Lipinski definition) is 4. The minimum atomic E-state index is -0.0775. The zero-order chi connectivity index (χ0) is 19.0. The van der Waals surface area contributed by atoms with E-state index in [-0.39, 0.29) is 11.8 Å². The molecule has 5 nitrogen and oxygen atoms in total. The van der Waals surface area contributed by atoms with E-state index in [1.807, 2.05) is 48.2 Å². The second kappa shape index (κ2) is 6.99. The molecule has 3 aromatic rings. The van der Waals surface area contributed by atoms with Gasteiger partial charge in [-0.05, 0) is 36.6 Å². The summed E-state index contributed by atoms with van der Waals surface area (Å²) in [6.07, 6.45) is 0.390. The van der Waals surface area contributed by atoms with Crippen LogP contribution in [0.4, 0.5) is 5.69 Å². The van der Waals surface area contributed by atoms with E-state index in [4.69, 9.17) is 4.52 Å². The summed E-state index contributed by atoms with van der Waals surface area (Å²) in [6, 6.07) is 16.2. The molecule has 0 bridgehead atoms. The fraction of sp³-hybridized carbons (Fsp3) is 0.318. The summed E-state index contributed by atoms with van der Waals surface area (Å²) < 4.78 is 5.50. The van der Waals surface area contributed by atoms with Crippen molar-refractivity contribution < 1.29 is 9.32 Å². The van der Waals surface area contributed by atoms with E-state index in [0.29, 0.717) is 30.6 Å². The number of nitrogens with zero attached hydrogens (tertiary/aromatic N) is 3. The molecule has 0 N–H and O–H groups in total. The molecule has 0 spiro atoms. The van der Waals surface area contributed by atoms with Crippen LogP contribution in [-0.4, -0.2) is 22.6 Å². The van der Waals surface area contributed by atoms with Gasteiger partial charge in [0.25, 0.3) is 0 Å². The standard InChI is InChI=1S/C22H23N3O2/c1-14(2)16-7-5-9-19(11-16)25-13-18(12-20(25)26)22-23-21(24-27-22)17-8-4-6-15(3)10-17/h4-11,14,18H,12-13H2,1-3H3. The maximum atomic E-state index is 12.6. The summed E-state index contributed by atoms with van der Waals surface area (Å²) in [5.74, 6) is 1.54. The highest BCUT2D eigenvalue weighted by molar-refractivity contribution is 5.96. The summed E-state index contributed by atoms with van der Waals surface area (Å²) in [6.45, 7) is 6.90. The Morgan fingerprint density at radius 2 is 1.96 bits per heavy atom. The molecule has 4 rings (SSSR count). The molecule has 138 valence electrons. The van der Waals surface area contributed by atoms with Crippen molar-refractivity contribution in [2.45, 2.75) is 39.0 Å². The van der Waals surface area contributed by atoms with Crippen LogP contribution in [-0.2, 0) is 4.79 Å². The largest absolute Gasteiger partial charge is 0.339 e. The van der Waals surface area contributed by atoms with Crippen molar-refractivity contribution in [2.75, 3.05) is 11.4 Å². The Hall–Kier alpha value is -2.95. The topological polar surface area (TPSA) is 59.2 Å². The summed E-state index contributed by atoms with van der Waals surface area (Å²) in [7, 11) is 0. The summed E-state index contributed by atoms with van der Waals surface area (Å²) in [4.78, 5) is 19.0. The second-order valence-electron chi connectivity index (χ2n) is 7.48. The smallest absolute Gasteiger partial charge is 0.232 e. The van der Waals surface area contributed by atoms with Gasteiger partial charge in [-0.1, -0.05) is 54.9 Å². The Balaban J connectivity index is 1.55. The number of anilines is 1. The van der Waals surface area contributed by atoms with Gasteiger partial charge >= 0.3 is 0 Å². The predicted molar refractivity (Wildman–Crippen MR) is 105 cm³/mol. The lowest BCUT2D eigenvalue weighted by atomic mass is 10.0. The van der Waals surface area contributed by atoms with Gasteiger partial charge in [-0.25, -0.2) is 0 Å². The van der Waals surface area contributed by atoms with Crippen molar-refractivity contribution in [1.29, 1.82) is 0 Å². The van der Waals surface area contributed by atoms with Gasteiger partial charge < -0.3 is 9.42 Å². The van der Waals surface area contributed by atoms with Crippen LogP contribution in [0.2, 0.25) is 0 Å². The molecule has 1 unspecified atom stereocenters.